The second-order valence-electron chi connectivity index (χ2n) is 17.1. The predicted octanol–water partition coefficient (Wildman–Crippen LogP) is 7.97. The summed E-state index contributed by atoms with van der Waals surface area (Å²) in [6, 6.07) is 49.8. The van der Waals surface area contributed by atoms with Crippen LogP contribution in [0.4, 0.5) is 0 Å². The van der Waals surface area contributed by atoms with Crippen molar-refractivity contribution in [3.63, 3.8) is 0 Å². The molecular weight excluding hydrogens is 821 g/mol. The molecule has 0 saturated carbocycles. The highest BCUT2D eigenvalue weighted by molar-refractivity contribution is 7.89. The number of sulfonamides is 1. The van der Waals surface area contributed by atoms with E-state index in [1.165, 1.54) is 5.56 Å². The van der Waals surface area contributed by atoms with Gasteiger partial charge in [0, 0.05) is 57.3 Å². The molecule has 0 unspecified atom stereocenters. The number of nitrogens with one attached hydrogen (secondary N) is 2. The number of hydrogen-bond donors (Lipinski definition) is 3. The van der Waals surface area contributed by atoms with Crippen LogP contribution in [0.3, 0.4) is 0 Å². The topological polar surface area (TPSA) is 120 Å². The molecule has 332 valence electrons. The molecule has 3 N–H and O–H groups in total. The summed E-state index contributed by atoms with van der Waals surface area (Å²) < 4.78 is 43.3. The van der Waals surface area contributed by atoms with Gasteiger partial charge in [-0.2, -0.15) is 4.72 Å². The Labute approximate surface area is 377 Å². The van der Waals surface area contributed by atoms with E-state index < -0.39 is 28.3 Å². The SMILES string of the molecule is Cc1ccc(S(=O)(=O)N[C@H](Cc2ccccc2)C(=O)NCc2cccc(-c3cccc([C@H]4O[C@@H](CN5CCN(Cc6ccccc6)CC5)[C@@H](C)[C@@H](c5ccc(CO)cc5)O4)c3)c2)cc1. The number of ether oxygens (including phenoxy) is 2. The van der Waals surface area contributed by atoms with Crippen molar-refractivity contribution in [2.24, 2.45) is 5.92 Å². The minimum Gasteiger partial charge on any atom is -0.392 e. The van der Waals surface area contributed by atoms with Crippen LogP contribution < -0.4 is 10.0 Å². The average molecular weight is 879 g/mol. The van der Waals surface area contributed by atoms with E-state index in [-0.39, 0.29) is 42.6 Å². The van der Waals surface area contributed by atoms with Gasteiger partial charge in [0.05, 0.1) is 23.7 Å². The molecule has 0 aromatic heterocycles. The van der Waals surface area contributed by atoms with Crippen LogP contribution >= 0.6 is 0 Å². The van der Waals surface area contributed by atoms with Crippen LogP contribution in [-0.2, 0) is 50.4 Å². The molecular formula is C53H58N4O6S. The van der Waals surface area contributed by atoms with Gasteiger partial charge in [-0.25, -0.2) is 8.42 Å². The molecule has 1 amide bonds. The number of piperazine rings is 1. The molecule has 11 heteroatoms. The van der Waals surface area contributed by atoms with Crippen molar-refractivity contribution in [1.29, 1.82) is 0 Å². The number of aliphatic hydroxyl groups excluding tert-OH is 1. The van der Waals surface area contributed by atoms with Gasteiger partial charge in [0.25, 0.3) is 0 Å². The van der Waals surface area contributed by atoms with Crippen molar-refractivity contribution in [1.82, 2.24) is 19.8 Å². The molecule has 0 bridgehead atoms. The number of amides is 1. The Bertz CT molecular complexity index is 2550. The summed E-state index contributed by atoms with van der Waals surface area (Å²) in [5.41, 5.74) is 8.72. The van der Waals surface area contributed by atoms with E-state index in [4.69, 9.17) is 9.47 Å². The minimum atomic E-state index is -3.97. The van der Waals surface area contributed by atoms with Crippen LogP contribution in [0.15, 0.2) is 163 Å². The van der Waals surface area contributed by atoms with Crippen molar-refractivity contribution < 1.29 is 27.8 Å². The predicted molar refractivity (Wildman–Crippen MR) is 250 cm³/mol. The number of hydrogen-bond acceptors (Lipinski definition) is 8. The number of aliphatic hydroxyl groups is 1. The fraction of sp³-hybridized carbons (Fsp3) is 0.302. The molecule has 2 aliphatic heterocycles. The van der Waals surface area contributed by atoms with E-state index in [9.17, 15) is 18.3 Å². The molecule has 8 rings (SSSR count). The van der Waals surface area contributed by atoms with Crippen LogP contribution in [-0.4, -0.2) is 74.1 Å². The minimum absolute atomic E-state index is 0.0167. The van der Waals surface area contributed by atoms with Gasteiger partial charge in [-0.15, -0.1) is 0 Å². The maximum atomic E-state index is 13.8. The molecule has 2 saturated heterocycles. The number of carbonyl (C=O) groups is 1. The van der Waals surface area contributed by atoms with Gasteiger partial charge in [-0.3, -0.25) is 14.6 Å². The van der Waals surface area contributed by atoms with Crippen molar-refractivity contribution in [3.05, 3.63) is 197 Å². The van der Waals surface area contributed by atoms with Crippen LogP contribution in [0.2, 0.25) is 0 Å². The van der Waals surface area contributed by atoms with E-state index >= 15 is 0 Å². The van der Waals surface area contributed by atoms with Crippen molar-refractivity contribution in [2.75, 3.05) is 32.7 Å². The second-order valence-corrected chi connectivity index (χ2v) is 18.8. The fourth-order valence-electron chi connectivity index (χ4n) is 8.60. The molecule has 6 aromatic carbocycles. The van der Waals surface area contributed by atoms with Gasteiger partial charge in [0.2, 0.25) is 15.9 Å². The second kappa shape index (κ2) is 21.0. The third-order valence-electron chi connectivity index (χ3n) is 12.4. The number of benzene rings is 6. The first kappa shape index (κ1) is 45.1. The summed E-state index contributed by atoms with van der Waals surface area (Å²) in [6.45, 7) is 9.94. The lowest BCUT2D eigenvalue weighted by Gasteiger charge is -2.44. The van der Waals surface area contributed by atoms with Gasteiger partial charge >= 0.3 is 0 Å². The van der Waals surface area contributed by atoms with Crippen molar-refractivity contribution >= 4 is 15.9 Å². The van der Waals surface area contributed by atoms with E-state index in [0.717, 1.165) is 83.8 Å². The Kier molecular flexibility index (Phi) is 14.8. The van der Waals surface area contributed by atoms with Crippen LogP contribution in [0.25, 0.3) is 11.1 Å². The molecule has 64 heavy (non-hydrogen) atoms. The van der Waals surface area contributed by atoms with Gasteiger partial charge in [-0.05, 0) is 76.6 Å². The van der Waals surface area contributed by atoms with E-state index in [2.05, 4.69) is 81.4 Å². The van der Waals surface area contributed by atoms with E-state index in [1.807, 2.05) is 85.8 Å². The Balaban J connectivity index is 0.965. The Morgan fingerprint density at radius 2 is 1.31 bits per heavy atom. The highest BCUT2D eigenvalue weighted by Gasteiger charge is 2.39. The molecule has 6 aromatic rings. The molecule has 2 fully saturated rings. The first-order chi connectivity index (χ1) is 31.1. The first-order valence-electron chi connectivity index (χ1n) is 22.2. The third-order valence-corrected chi connectivity index (χ3v) is 13.9. The Morgan fingerprint density at radius 1 is 0.688 bits per heavy atom. The summed E-state index contributed by atoms with van der Waals surface area (Å²) in [5.74, 6) is -0.351. The Hall–Kier alpha value is -5.50. The van der Waals surface area contributed by atoms with Crippen LogP contribution in [0.1, 0.15) is 58.3 Å². The van der Waals surface area contributed by atoms with E-state index in [1.54, 1.807) is 24.3 Å². The van der Waals surface area contributed by atoms with Gasteiger partial charge in [0.15, 0.2) is 6.29 Å². The van der Waals surface area contributed by atoms with Gasteiger partial charge < -0.3 is 19.9 Å². The van der Waals surface area contributed by atoms with Gasteiger partial charge in [0.1, 0.15) is 6.04 Å². The summed E-state index contributed by atoms with van der Waals surface area (Å²) >= 11 is 0. The zero-order valence-corrected chi connectivity index (χ0v) is 37.4. The number of aryl methyl sites for hydroxylation is 1. The molecule has 2 aliphatic rings. The lowest BCUT2D eigenvalue weighted by Crippen LogP contribution is -2.51. The van der Waals surface area contributed by atoms with Crippen molar-refractivity contribution in [3.8, 4) is 11.1 Å². The lowest BCUT2D eigenvalue weighted by atomic mass is 9.89. The number of nitrogens with zero attached hydrogens (tertiary/aromatic N) is 2. The number of rotatable bonds is 16. The first-order valence-corrected chi connectivity index (χ1v) is 23.7. The molecule has 5 atom stereocenters. The summed E-state index contributed by atoms with van der Waals surface area (Å²) in [7, 11) is -3.97. The monoisotopic (exact) mass is 878 g/mol. The highest BCUT2D eigenvalue weighted by atomic mass is 32.2. The Morgan fingerprint density at radius 3 is 2.00 bits per heavy atom. The largest absolute Gasteiger partial charge is 0.392 e. The average Bonchev–Trinajstić information content (AvgIpc) is 3.33. The zero-order valence-electron chi connectivity index (χ0n) is 36.6. The lowest BCUT2D eigenvalue weighted by molar-refractivity contribution is -0.276. The molecule has 0 spiro atoms. The molecule has 0 aliphatic carbocycles. The third kappa shape index (κ3) is 11.6. The molecule has 0 radical (unpaired) electrons. The van der Waals surface area contributed by atoms with Crippen LogP contribution in [0.5, 0.6) is 0 Å². The summed E-state index contributed by atoms with van der Waals surface area (Å²) in [5, 5.41) is 12.7. The normalized spacial score (nSPS) is 20.1. The summed E-state index contributed by atoms with van der Waals surface area (Å²) in [6.07, 6.45) is -0.741. The smallest absolute Gasteiger partial charge is 0.241 e. The number of carbonyl (C=O) groups excluding carboxylic acids is 1. The molecule has 2 heterocycles. The maximum absolute atomic E-state index is 13.8. The fourth-order valence-corrected chi connectivity index (χ4v) is 9.80. The quantitative estimate of drug-likeness (QED) is 0.0897. The van der Waals surface area contributed by atoms with E-state index in [0.29, 0.717) is 0 Å². The summed E-state index contributed by atoms with van der Waals surface area (Å²) in [4.78, 5) is 18.9. The highest BCUT2D eigenvalue weighted by Crippen LogP contribution is 2.42. The molecule has 10 nitrogen and oxygen atoms in total. The standard InChI is InChI=1S/C53H58N4O6S/c1-38-19-25-48(26-20-38)64(60,61)55-49(32-40-11-5-3-6-12-40)52(59)54-34-43-15-9-16-45(31-43)46-17-10-18-47(33-46)53-62-50(39(2)51(63-53)44-23-21-42(37-58)22-24-44)36-57-29-27-56(28-30-57)35-41-13-7-4-8-14-41/h3-26,31,33,39,49-51,53,55,58H,27-30,32,34-37H2,1-2H3,(H,54,59)/t39-,49-,50+,51+,53+/m1/s1. The maximum Gasteiger partial charge on any atom is 0.241 e. The zero-order chi connectivity index (χ0) is 44.5. The van der Waals surface area contributed by atoms with Gasteiger partial charge in [-0.1, -0.05) is 146 Å². The van der Waals surface area contributed by atoms with Crippen molar-refractivity contribution in [2.45, 2.75) is 69.4 Å². The van der Waals surface area contributed by atoms with Crippen LogP contribution in [0, 0.1) is 12.8 Å².